The molecule has 1 heteroatoms. The first kappa shape index (κ1) is 6.54. The van der Waals surface area contributed by atoms with Gasteiger partial charge in [-0.1, -0.05) is 6.92 Å². The monoisotopic (exact) mass is 100 g/mol. The minimum Gasteiger partial charge on any atom is -0.513 e. The van der Waals surface area contributed by atoms with Crippen LogP contribution in [0.15, 0.2) is 11.3 Å². The van der Waals surface area contributed by atoms with Gasteiger partial charge < -0.3 is 5.11 Å². The third kappa shape index (κ3) is 2.26. The van der Waals surface area contributed by atoms with Gasteiger partial charge in [-0.05, 0) is 25.8 Å². The SMILES string of the molecule is CC/C(C)=C(\C)O. The zero-order valence-corrected chi connectivity index (χ0v) is 5.15. The number of rotatable bonds is 1. The van der Waals surface area contributed by atoms with Gasteiger partial charge in [-0.2, -0.15) is 0 Å². The molecule has 0 aliphatic heterocycles. The van der Waals surface area contributed by atoms with Crippen LogP contribution in [-0.2, 0) is 0 Å². The summed E-state index contributed by atoms with van der Waals surface area (Å²) in [5.74, 6) is 0.461. The maximum Gasteiger partial charge on any atom is 0.0880 e. The molecule has 0 rings (SSSR count). The summed E-state index contributed by atoms with van der Waals surface area (Å²) >= 11 is 0. The molecular weight excluding hydrogens is 88.1 g/mol. The van der Waals surface area contributed by atoms with E-state index in [2.05, 4.69) is 0 Å². The second kappa shape index (κ2) is 2.67. The Labute approximate surface area is 44.7 Å². The van der Waals surface area contributed by atoms with Gasteiger partial charge >= 0.3 is 0 Å². The Morgan fingerprint density at radius 3 is 1.86 bits per heavy atom. The molecule has 0 aromatic carbocycles. The molecule has 1 N–H and O–H groups in total. The lowest BCUT2D eigenvalue weighted by atomic mass is 10.2. The van der Waals surface area contributed by atoms with Crippen LogP contribution in [0.4, 0.5) is 0 Å². The Kier molecular flexibility index (Phi) is 2.49. The molecule has 0 unspecified atom stereocenters. The molecule has 1 nitrogen and oxygen atoms in total. The number of aliphatic hydroxyl groups excluding tert-OH is 1. The Morgan fingerprint density at radius 2 is 1.86 bits per heavy atom. The minimum absolute atomic E-state index is 0.461. The van der Waals surface area contributed by atoms with Crippen molar-refractivity contribution in [2.75, 3.05) is 0 Å². The van der Waals surface area contributed by atoms with Crippen molar-refractivity contribution in [3.63, 3.8) is 0 Å². The predicted molar refractivity (Wildman–Crippen MR) is 31.3 cm³/mol. The van der Waals surface area contributed by atoms with E-state index in [1.165, 1.54) is 0 Å². The second-order valence-electron chi connectivity index (χ2n) is 1.72. The fraction of sp³-hybridized carbons (Fsp3) is 0.667. The van der Waals surface area contributed by atoms with Crippen LogP contribution >= 0.6 is 0 Å². The van der Waals surface area contributed by atoms with Crippen LogP contribution in [0.1, 0.15) is 27.2 Å². The number of allylic oxidation sites excluding steroid dienone is 2. The van der Waals surface area contributed by atoms with Gasteiger partial charge in [0.05, 0.1) is 5.76 Å². The summed E-state index contributed by atoms with van der Waals surface area (Å²) in [6, 6.07) is 0. The van der Waals surface area contributed by atoms with E-state index in [0.717, 1.165) is 12.0 Å². The van der Waals surface area contributed by atoms with Crippen LogP contribution in [0.5, 0.6) is 0 Å². The van der Waals surface area contributed by atoms with Gasteiger partial charge in [0.25, 0.3) is 0 Å². The fourth-order valence-corrected chi connectivity index (χ4v) is 0.256. The van der Waals surface area contributed by atoms with Gasteiger partial charge in [0.1, 0.15) is 0 Å². The highest BCUT2D eigenvalue weighted by Crippen LogP contribution is 2.01. The van der Waals surface area contributed by atoms with E-state index >= 15 is 0 Å². The fourth-order valence-electron chi connectivity index (χ4n) is 0.256. The first-order valence-corrected chi connectivity index (χ1v) is 2.53. The lowest BCUT2D eigenvalue weighted by molar-refractivity contribution is 0.405. The molecule has 0 aromatic rings. The Hall–Kier alpha value is -0.460. The molecule has 0 aliphatic carbocycles. The molecule has 42 valence electrons. The van der Waals surface area contributed by atoms with Crippen LogP contribution in [0.2, 0.25) is 0 Å². The third-order valence-corrected chi connectivity index (χ3v) is 1.15. The average Bonchev–Trinajstić information content (AvgIpc) is 1.65. The van der Waals surface area contributed by atoms with Crippen molar-refractivity contribution < 1.29 is 5.11 Å². The maximum atomic E-state index is 8.70. The van der Waals surface area contributed by atoms with Gasteiger partial charge in [-0.3, -0.25) is 0 Å². The minimum atomic E-state index is 0.461. The Balaban J connectivity index is 3.72. The van der Waals surface area contributed by atoms with Crippen molar-refractivity contribution in [3.8, 4) is 0 Å². The third-order valence-electron chi connectivity index (χ3n) is 1.15. The Bertz CT molecular complexity index is 78.2. The summed E-state index contributed by atoms with van der Waals surface area (Å²) in [5, 5.41) is 8.70. The highest BCUT2D eigenvalue weighted by atomic mass is 16.3. The van der Waals surface area contributed by atoms with Gasteiger partial charge in [-0.25, -0.2) is 0 Å². The molecule has 0 fully saturated rings. The summed E-state index contributed by atoms with van der Waals surface area (Å²) < 4.78 is 0. The molecule has 0 saturated heterocycles. The zero-order valence-electron chi connectivity index (χ0n) is 5.15. The van der Waals surface area contributed by atoms with E-state index in [1.54, 1.807) is 6.92 Å². The first-order chi connectivity index (χ1) is 3.18. The standard InChI is InChI=1S/C6H12O/c1-4-5(2)6(3)7/h7H,4H2,1-3H3/b6-5+. The van der Waals surface area contributed by atoms with E-state index in [-0.39, 0.29) is 0 Å². The molecular formula is C6H12O. The largest absolute Gasteiger partial charge is 0.513 e. The molecule has 0 aliphatic rings. The topological polar surface area (TPSA) is 20.2 Å². The summed E-state index contributed by atoms with van der Waals surface area (Å²) in [6.45, 7) is 5.66. The number of aliphatic hydroxyl groups is 1. The maximum absolute atomic E-state index is 8.70. The van der Waals surface area contributed by atoms with Gasteiger partial charge in [0, 0.05) is 0 Å². The van der Waals surface area contributed by atoms with Crippen molar-refractivity contribution in [1.29, 1.82) is 0 Å². The van der Waals surface area contributed by atoms with Crippen LogP contribution < -0.4 is 0 Å². The Morgan fingerprint density at radius 1 is 1.43 bits per heavy atom. The van der Waals surface area contributed by atoms with E-state index in [9.17, 15) is 0 Å². The second-order valence-corrected chi connectivity index (χ2v) is 1.72. The lowest BCUT2D eigenvalue weighted by Crippen LogP contribution is -1.77. The van der Waals surface area contributed by atoms with E-state index in [4.69, 9.17) is 5.11 Å². The molecule has 0 radical (unpaired) electrons. The van der Waals surface area contributed by atoms with Gasteiger partial charge in [-0.15, -0.1) is 0 Å². The first-order valence-electron chi connectivity index (χ1n) is 2.53. The number of hydrogen-bond donors (Lipinski definition) is 1. The molecule has 0 amide bonds. The summed E-state index contributed by atoms with van der Waals surface area (Å²) in [6.07, 6.45) is 0.947. The summed E-state index contributed by atoms with van der Waals surface area (Å²) in [7, 11) is 0. The van der Waals surface area contributed by atoms with E-state index < -0.39 is 0 Å². The molecule has 0 bridgehead atoms. The lowest BCUT2D eigenvalue weighted by Gasteiger charge is -1.93. The normalized spacial score (nSPS) is 13.6. The molecule has 7 heavy (non-hydrogen) atoms. The van der Waals surface area contributed by atoms with Gasteiger partial charge in [0.15, 0.2) is 0 Å². The van der Waals surface area contributed by atoms with E-state index in [0.29, 0.717) is 5.76 Å². The average molecular weight is 100 g/mol. The van der Waals surface area contributed by atoms with E-state index in [1.807, 2.05) is 13.8 Å². The van der Waals surface area contributed by atoms with Crippen molar-refractivity contribution in [1.82, 2.24) is 0 Å². The van der Waals surface area contributed by atoms with Crippen LogP contribution in [-0.4, -0.2) is 5.11 Å². The summed E-state index contributed by atoms with van der Waals surface area (Å²) in [5.41, 5.74) is 1.07. The van der Waals surface area contributed by atoms with Crippen molar-refractivity contribution in [2.24, 2.45) is 0 Å². The summed E-state index contributed by atoms with van der Waals surface area (Å²) in [4.78, 5) is 0. The van der Waals surface area contributed by atoms with Crippen molar-refractivity contribution in [2.45, 2.75) is 27.2 Å². The highest BCUT2D eigenvalue weighted by Gasteiger charge is 1.85. The van der Waals surface area contributed by atoms with Crippen LogP contribution in [0.3, 0.4) is 0 Å². The van der Waals surface area contributed by atoms with Crippen LogP contribution in [0, 0.1) is 0 Å². The van der Waals surface area contributed by atoms with Crippen molar-refractivity contribution in [3.05, 3.63) is 11.3 Å². The smallest absolute Gasteiger partial charge is 0.0880 e. The predicted octanol–water partition coefficient (Wildman–Crippen LogP) is 2.25. The van der Waals surface area contributed by atoms with Crippen LogP contribution in [0.25, 0.3) is 0 Å². The highest BCUT2D eigenvalue weighted by molar-refractivity contribution is 4.99. The zero-order chi connectivity index (χ0) is 5.86. The molecule has 0 aromatic heterocycles. The van der Waals surface area contributed by atoms with Gasteiger partial charge in [0.2, 0.25) is 0 Å². The molecule has 0 heterocycles. The quantitative estimate of drug-likeness (QED) is 0.501. The van der Waals surface area contributed by atoms with Crippen molar-refractivity contribution >= 4 is 0 Å². The molecule has 0 spiro atoms. The molecule has 0 atom stereocenters. The molecule has 0 saturated carbocycles. The number of hydrogen-bond acceptors (Lipinski definition) is 1.